The van der Waals surface area contributed by atoms with Gasteiger partial charge in [-0.15, -0.1) is 0 Å². The molecule has 0 radical (unpaired) electrons. The molecule has 118 valence electrons. The van der Waals surface area contributed by atoms with Crippen LogP contribution in [0.3, 0.4) is 0 Å². The second-order valence-electron chi connectivity index (χ2n) is 5.63. The normalized spacial score (nSPS) is 11.5. The van der Waals surface area contributed by atoms with Crippen LogP contribution >= 0.6 is 23.4 Å². The summed E-state index contributed by atoms with van der Waals surface area (Å²) < 4.78 is 5.47. The van der Waals surface area contributed by atoms with E-state index < -0.39 is 17.5 Å². The molecule has 0 aliphatic rings. The van der Waals surface area contributed by atoms with Crippen molar-refractivity contribution in [1.29, 1.82) is 0 Å². The monoisotopic (exact) mass is 341 g/mol. The lowest BCUT2D eigenvalue weighted by molar-refractivity contribution is -0.117. The SMILES string of the molecule is CC(C)(C)NC(=O)NC(=O)CSc1nc2ccc(Cl)cc2o1. The summed E-state index contributed by atoms with van der Waals surface area (Å²) in [6, 6.07) is 4.58. The first kappa shape index (κ1) is 16.6. The van der Waals surface area contributed by atoms with Crippen LogP contribution in [0.5, 0.6) is 0 Å². The summed E-state index contributed by atoms with van der Waals surface area (Å²) >= 11 is 6.97. The summed E-state index contributed by atoms with van der Waals surface area (Å²) in [7, 11) is 0. The number of rotatable bonds is 3. The van der Waals surface area contributed by atoms with Gasteiger partial charge in [0.1, 0.15) is 5.52 Å². The van der Waals surface area contributed by atoms with Gasteiger partial charge in [-0.2, -0.15) is 0 Å². The summed E-state index contributed by atoms with van der Waals surface area (Å²) in [5.74, 6) is -0.398. The molecule has 0 bridgehead atoms. The van der Waals surface area contributed by atoms with E-state index in [1.165, 1.54) is 0 Å². The topological polar surface area (TPSA) is 84.2 Å². The Hall–Kier alpha value is -1.73. The number of carbonyl (C=O) groups is 2. The number of amides is 3. The smallest absolute Gasteiger partial charge is 0.321 e. The van der Waals surface area contributed by atoms with Crippen LogP contribution in [0.2, 0.25) is 5.02 Å². The number of imide groups is 1. The lowest BCUT2D eigenvalue weighted by Crippen LogP contribution is -2.48. The average molecular weight is 342 g/mol. The van der Waals surface area contributed by atoms with Gasteiger partial charge in [-0.25, -0.2) is 9.78 Å². The first-order chi connectivity index (χ1) is 10.2. The summed E-state index contributed by atoms with van der Waals surface area (Å²) in [6.45, 7) is 5.49. The Morgan fingerprint density at radius 1 is 1.36 bits per heavy atom. The molecule has 2 N–H and O–H groups in total. The molecule has 0 unspecified atom stereocenters. The van der Waals surface area contributed by atoms with Crippen LogP contribution in [-0.4, -0.2) is 28.2 Å². The number of urea groups is 1. The standard InChI is InChI=1S/C14H16ClN3O3S/c1-14(2,3)18-12(20)17-11(19)7-22-13-16-9-5-4-8(15)6-10(9)21-13/h4-6H,7H2,1-3H3,(H2,17,18,19,20). The Balaban J connectivity index is 1.88. The maximum atomic E-state index is 11.7. The number of nitrogens with zero attached hydrogens (tertiary/aromatic N) is 1. The predicted molar refractivity (Wildman–Crippen MR) is 86.2 cm³/mol. The molecule has 8 heteroatoms. The molecule has 1 aromatic carbocycles. The highest BCUT2D eigenvalue weighted by Gasteiger charge is 2.16. The van der Waals surface area contributed by atoms with Crippen LogP contribution in [-0.2, 0) is 4.79 Å². The van der Waals surface area contributed by atoms with E-state index in [-0.39, 0.29) is 5.75 Å². The van der Waals surface area contributed by atoms with Gasteiger partial charge >= 0.3 is 6.03 Å². The molecule has 0 aliphatic heterocycles. The third-order valence-electron chi connectivity index (χ3n) is 2.40. The van der Waals surface area contributed by atoms with Crippen molar-refractivity contribution >= 4 is 46.4 Å². The molecular weight excluding hydrogens is 326 g/mol. The van der Waals surface area contributed by atoms with E-state index in [0.717, 1.165) is 11.8 Å². The Bertz CT molecular complexity index is 709. The van der Waals surface area contributed by atoms with Crippen molar-refractivity contribution in [2.24, 2.45) is 0 Å². The molecule has 1 heterocycles. The van der Waals surface area contributed by atoms with Crippen molar-refractivity contribution in [1.82, 2.24) is 15.6 Å². The molecule has 0 spiro atoms. The zero-order chi connectivity index (χ0) is 16.3. The number of oxazole rings is 1. The van der Waals surface area contributed by atoms with E-state index in [4.69, 9.17) is 16.0 Å². The Morgan fingerprint density at radius 3 is 2.77 bits per heavy atom. The molecule has 0 saturated heterocycles. The molecule has 2 aromatic rings. The van der Waals surface area contributed by atoms with Gasteiger partial charge < -0.3 is 9.73 Å². The first-order valence-corrected chi connectivity index (χ1v) is 7.90. The number of hydrogen-bond donors (Lipinski definition) is 2. The van der Waals surface area contributed by atoms with Gasteiger partial charge in [0.25, 0.3) is 5.22 Å². The summed E-state index contributed by atoms with van der Waals surface area (Å²) in [4.78, 5) is 27.5. The number of halogens is 1. The largest absolute Gasteiger partial charge is 0.431 e. The molecule has 3 amide bonds. The van der Waals surface area contributed by atoms with E-state index in [9.17, 15) is 9.59 Å². The number of aromatic nitrogens is 1. The van der Waals surface area contributed by atoms with Crippen LogP contribution in [0.25, 0.3) is 11.1 Å². The Morgan fingerprint density at radius 2 is 2.09 bits per heavy atom. The summed E-state index contributed by atoms with van der Waals surface area (Å²) in [5.41, 5.74) is 0.815. The minimum Gasteiger partial charge on any atom is -0.431 e. The molecule has 6 nitrogen and oxygen atoms in total. The third-order valence-corrected chi connectivity index (χ3v) is 3.46. The van der Waals surface area contributed by atoms with Gasteiger partial charge in [0, 0.05) is 16.6 Å². The van der Waals surface area contributed by atoms with Gasteiger partial charge in [-0.1, -0.05) is 23.4 Å². The third kappa shape index (κ3) is 4.92. The second-order valence-corrected chi connectivity index (χ2v) is 7.00. The number of thioether (sulfide) groups is 1. The van der Waals surface area contributed by atoms with E-state index in [0.29, 0.717) is 21.3 Å². The van der Waals surface area contributed by atoms with Crippen molar-refractivity contribution in [3.05, 3.63) is 23.2 Å². The number of hydrogen-bond acceptors (Lipinski definition) is 5. The van der Waals surface area contributed by atoms with E-state index in [1.54, 1.807) is 18.2 Å². The molecular formula is C14H16ClN3O3S. The van der Waals surface area contributed by atoms with Crippen LogP contribution in [0.4, 0.5) is 4.79 Å². The highest BCUT2D eigenvalue weighted by Crippen LogP contribution is 2.25. The van der Waals surface area contributed by atoms with E-state index >= 15 is 0 Å². The summed E-state index contributed by atoms with van der Waals surface area (Å²) in [6.07, 6.45) is 0. The zero-order valence-electron chi connectivity index (χ0n) is 12.4. The van der Waals surface area contributed by atoms with Crippen molar-refractivity contribution in [2.45, 2.75) is 31.5 Å². The van der Waals surface area contributed by atoms with Crippen LogP contribution in [0.1, 0.15) is 20.8 Å². The van der Waals surface area contributed by atoms with Crippen molar-refractivity contribution in [2.75, 3.05) is 5.75 Å². The lowest BCUT2D eigenvalue weighted by Gasteiger charge is -2.20. The van der Waals surface area contributed by atoms with Crippen molar-refractivity contribution in [3.8, 4) is 0 Å². The molecule has 0 saturated carbocycles. The zero-order valence-corrected chi connectivity index (χ0v) is 14.0. The second kappa shape index (κ2) is 6.58. The van der Waals surface area contributed by atoms with E-state index in [1.807, 2.05) is 20.8 Å². The first-order valence-electron chi connectivity index (χ1n) is 6.54. The molecule has 0 aliphatic carbocycles. The molecule has 22 heavy (non-hydrogen) atoms. The maximum absolute atomic E-state index is 11.7. The van der Waals surface area contributed by atoms with Crippen LogP contribution < -0.4 is 10.6 Å². The summed E-state index contributed by atoms with van der Waals surface area (Å²) in [5, 5.41) is 5.79. The van der Waals surface area contributed by atoms with Gasteiger partial charge in [0.2, 0.25) is 5.91 Å². The molecule has 0 atom stereocenters. The predicted octanol–water partition coefficient (Wildman–Crippen LogP) is 3.20. The van der Waals surface area contributed by atoms with Crippen LogP contribution in [0, 0.1) is 0 Å². The minimum absolute atomic E-state index is 0.0259. The Kier molecular flexibility index (Phi) is 4.97. The highest BCUT2D eigenvalue weighted by atomic mass is 35.5. The lowest BCUT2D eigenvalue weighted by atomic mass is 10.1. The minimum atomic E-state index is -0.526. The van der Waals surface area contributed by atoms with Gasteiger partial charge in [0.05, 0.1) is 5.75 Å². The van der Waals surface area contributed by atoms with Gasteiger partial charge in [-0.3, -0.25) is 10.1 Å². The number of benzene rings is 1. The maximum Gasteiger partial charge on any atom is 0.321 e. The fourth-order valence-electron chi connectivity index (χ4n) is 1.60. The van der Waals surface area contributed by atoms with Crippen molar-refractivity contribution in [3.63, 3.8) is 0 Å². The number of fused-ring (bicyclic) bond motifs is 1. The quantitative estimate of drug-likeness (QED) is 0.837. The van der Waals surface area contributed by atoms with Crippen molar-refractivity contribution < 1.29 is 14.0 Å². The number of nitrogens with one attached hydrogen (secondary N) is 2. The van der Waals surface area contributed by atoms with Gasteiger partial charge in [0.15, 0.2) is 5.58 Å². The number of carbonyl (C=O) groups excluding carboxylic acids is 2. The highest BCUT2D eigenvalue weighted by molar-refractivity contribution is 7.99. The fourth-order valence-corrected chi connectivity index (χ4v) is 2.40. The molecule has 0 fully saturated rings. The van der Waals surface area contributed by atoms with Crippen LogP contribution in [0.15, 0.2) is 27.8 Å². The average Bonchev–Trinajstić information content (AvgIpc) is 2.75. The molecule has 1 aromatic heterocycles. The Labute approximate surface area is 137 Å². The van der Waals surface area contributed by atoms with Gasteiger partial charge in [-0.05, 0) is 32.9 Å². The fraction of sp³-hybridized carbons (Fsp3) is 0.357. The molecule has 2 rings (SSSR count). The van der Waals surface area contributed by atoms with E-state index in [2.05, 4.69) is 15.6 Å².